The van der Waals surface area contributed by atoms with E-state index in [1.165, 1.54) is 0 Å². The minimum atomic E-state index is -0.332. The van der Waals surface area contributed by atoms with Crippen molar-refractivity contribution < 1.29 is 4.79 Å². The fourth-order valence-electron chi connectivity index (χ4n) is 1.71. The van der Waals surface area contributed by atoms with Crippen molar-refractivity contribution in [3.63, 3.8) is 0 Å². The largest absolute Gasteiger partial charge is 0.325 e. The van der Waals surface area contributed by atoms with E-state index in [1.54, 1.807) is 31.2 Å². The summed E-state index contributed by atoms with van der Waals surface area (Å²) in [6.07, 6.45) is 0. The van der Waals surface area contributed by atoms with Crippen molar-refractivity contribution in [1.82, 2.24) is 4.90 Å². The Hall–Kier alpha value is -2.37. The van der Waals surface area contributed by atoms with Crippen LogP contribution in [0.2, 0.25) is 0 Å². The molecular formula is C15H18N4O. The summed E-state index contributed by atoms with van der Waals surface area (Å²) in [5, 5.41) is 20.3. The maximum Gasteiger partial charge on any atom is 0.241 e. The van der Waals surface area contributed by atoms with Crippen LogP contribution in [-0.2, 0) is 4.79 Å². The van der Waals surface area contributed by atoms with E-state index in [2.05, 4.69) is 11.4 Å². The molecule has 2 atom stereocenters. The first-order valence-electron chi connectivity index (χ1n) is 6.38. The lowest BCUT2D eigenvalue weighted by Crippen LogP contribution is -2.41. The second-order valence-electron chi connectivity index (χ2n) is 4.82. The lowest BCUT2D eigenvalue weighted by molar-refractivity contribution is -0.120. The van der Waals surface area contributed by atoms with Gasteiger partial charge in [0.2, 0.25) is 5.91 Å². The van der Waals surface area contributed by atoms with E-state index in [4.69, 9.17) is 10.5 Å². The number of nitrogens with zero attached hydrogens (tertiary/aromatic N) is 3. The van der Waals surface area contributed by atoms with Crippen molar-refractivity contribution in [1.29, 1.82) is 10.5 Å². The van der Waals surface area contributed by atoms with Gasteiger partial charge >= 0.3 is 0 Å². The highest BCUT2D eigenvalue weighted by Crippen LogP contribution is 2.10. The van der Waals surface area contributed by atoms with Gasteiger partial charge in [0.15, 0.2) is 0 Å². The van der Waals surface area contributed by atoms with Crippen LogP contribution in [0.5, 0.6) is 0 Å². The molecule has 5 nitrogen and oxygen atoms in total. The molecule has 0 aliphatic heterocycles. The van der Waals surface area contributed by atoms with Gasteiger partial charge in [0, 0.05) is 12.2 Å². The van der Waals surface area contributed by atoms with Crippen LogP contribution in [0.25, 0.3) is 0 Å². The van der Waals surface area contributed by atoms with Crippen molar-refractivity contribution in [2.75, 3.05) is 18.9 Å². The van der Waals surface area contributed by atoms with E-state index in [-0.39, 0.29) is 17.9 Å². The molecule has 1 amide bonds. The summed E-state index contributed by atoms with van der Waals surface area (Å²) in [5.41, 5.74) is 1.21. The van der Waals surface area contributed by atoms with Crippen molar-refractivity contribution in [3.05, 3.63) is 29.8 Å². The first-order chi connectivity index (χ1) is 9.47. The van der Waals surface area contributed by atoms with Gasteiger partial charge in [0.1, 0.15) is 0 Å². The normalized spacial score (nSPS) is 13.1. The third-order valence-corrected chi connectivity index (χ3v) is 3.10. The molecule has 1 N–H and O–H groups in total. The zero-order chi connectivity index (χ0) is 15.1. The molecular weight excluding hydrogens is 252 g/mol. The van der Waals surface area contributed by atoms with E-state index in [1.807, 2.05) is 24.9 Å². The number of nitrogens with one attached hydrogen (secondary N) is 1. The predicted molar refractivity (Wildman–Crippen MR) is 76.7 cm³/mol. The van der Waals surface area contributed by atoms with E-state index >= 15 is 0 Å². The number of rotatable bonds is 5. The topological polar surface area (TPSA) is 79.9 Å². The Balaban J connectivity index is 2.61. The van der Waals surface area contributed by atoms with Crippen LogP contribution in [-0.4, -0.2) is 30.4 Å². The molecule has 1 rings (SSSR count). The van der Waals surface area contributed by atoms with Gasteiger partial charge in [-0.25, -0.2) is 0 Å². The minimum Gasteiger partial charge on any atom is -0.325 e. The molecule has 1 aromatic carbocycles. The van der Waals surface area contributed by atoms with Crippen LogP contribution < -0.4 is 5.32 Å². The number of carbonyl (C=O) groups is 1. The van der Waals surface area contributed by atoms with Crippen LogP contribution in [0.1, 0.15) is 19.4 Å². The average molecular weight is 270 g/mol. The van der Waals surface area contributed by atoms with Crippen LogP contribution in [0.3, 0.4) is 0 Å². The van der Waals surface area contributed by atoms with Gasteiger partial charge in [-0.1, -0.05) is 0 Å². The number of benzene rings is 1. The van der Waals surface area contributed by atoms with Gasteiger partial charge in [0.25, 0.3) is 0 Å². The first-order valence-corrected chi connectivity index (χ1v) is 6.38. The number of nitriles is 2. The second kappa shape index (κ2) is 7.28. The first kappa shape index (κ1) is 15.7. The Morgan fingerprint density at radius 1 is 1.30 bits per heavy atom. The second-order valence-corrected chi connectivity index (χ2v) is 4.82. The van der Waals surface area contributed by atoms with Gasteiger partial charge in [-0.15, -0.1) is 0 Å². The Labute approximate surface area is 119 Å². The third-order valence-electron chi connectivity index (χ3n) is 3.10. The zero-order valence-corrected chi connectivity index (χ0v) is 11.9. The molecule has 0 fully saturated rings. The van der Waals surface area contributed by atoms with Gasteiger partial charge in [0.05, 0.1) is 29.7 Å². The lowest BCUT2D eigenvalue weighted by Gasteiger charge is -2.24. The molecule has 0 aliphatic carbocycles. The highest BCUT2D eigenvalue weighted by Gasteiger charge is 2.19. The quantitative estimate of drug-likeness (QED) is 0.887. The summed E-state index contributed by atoms with van der Waals surface area (Å²) in [5.74, 6) is -0.257. The highest BCUT2D eigenvalue weighted by atomic mass is 16.2. The molecule has 0 radical (unpaired) electrons. The van der Waals surface area contributed by atoms with Crippen molar-refractivity contribution in [2.45, 2.75) is 19.9 Å². The lowest BCUT2D eigenvalue weighted by atomic mass is 10.1. The molecule has 104 valence electrons. The minimum absolute atomic E-state index is 0.120. The van der Waals surface area contributed by atoms with Gasteiger partial charge < -0.3 is 5.32 Å². The Morgan fingerprint density at radius 2 is 1.90 bits per heavy atom. The van der Waals surface area contributed by atoms with Crippen molar-refractivity contribution in [2.24, 2.45) is 5.92 Å². The predicted octanol–water partition coefficient (Wildman–Crippen LogP) is 1.98. The molecule has 0 spiro atoms. The van der Waals surface area contributed by atoms with E-state index in [0.29, 0.717) is 17.8 Å². The molecule has 20 heavy (non-hydrogen) atoms. The number of likely N-dealkylation sites (N-methyl/N-ethyl adjacent to an activating group) is 1. The molecule has 0 heterocycles. The number of anilines is 1. The number of hydrogen-bond donors (Lipinski definition) is 1. The van der Waals surface area contributed by atoms with Crippen LogP contribution in [0.15, 0.2) is 24.3 Å². The molecule has 0 saturated heterocycles. The average Bonchev–Trinajstić information content (AvgIpc) is 2.46. The number of amides is 1. The van der Waals surface area contributed by atoms with Crippen LogP contribution in [0.4, 0.5) is 5.69 Å². The maximum absolute atomic E-state index is 12.1. The zero-order valence-electron chi connectivity index (χ0n) is 11.9. The summed E-state index contributed by atoms with van der Waals surface area (Å²) in [6, 6.07) is 10.5. The fraction of sp³-hybridized carbons (Fsp3) is 0.400. The number of carbonyl (C=O) groups excluding carboxylic acids is 1. The SMILES string of the molecule is CC(C#N)CN(C)C(C)C(=O)Nc1ccc(C#N)cc1. The van der Waals surface area contributed by atoms with Crippen LogP contribution in [0, 0.1) is 28.6 Å². The van der Waals surface area contributed by atoms with Gasteiger partial charge in [-0.2, -0.15) is 10.5 Å². The Bertz CT molecular complexity index is 538. The highest BCUT2D eigenvalue weighted by molar-refractivity contribution is 5.94. The summed E-state index contributed by atoms with van der Waals surface area (Å²) < 4.78 is 0. The molecule has 5 heteroatoms. The van der Waals surface area contributed by atoms with E-state index < -0.39 is 0 Å². The molecule has 0 aliphatic rings. The van der Waals surface area contributed by atoms with Crippen molar-refractivity contribution >= 4 is 11.6 Å². The monoisotopic (exact) mass is 270 g/mol. The fourth-order valence-corrected chi connectivity index (χ4v) is 1.71. The third kappa shape index (κ3) is 4.38. The van der Waals surface area contributed by atoms with Crippen LogP contribution >= 0.6 is 0 Å². The van der Waals surface area contributed by atoms with E-state index in [0.717, 1.165) is 0 Å². The van der Waals surface area contributed by atoms with E-state index in [9.17, 15) is 4.79 Å². The smallest absolute Gasteiger partial charge is 0.241 e. The number of hydrogen-bond acceptors (Lipinski definition) is 4. The Kier molecular flexibility index (Phi) is 5.71. The molecule has 0 aromatic heterocycles. The summed E-state index contributed by atoms with van der Waals surface area (Å²) in [6.45, 7) is 4.16. The molecule has 0 bridgehead atoms. The molecule has 1 aromatic rings. The maximum atomic E-state index is 12.1. The summed E-state index contributed by atoms with van der Waals surface area (Å²) in [4.78, 5) is 13.9. The molecule has 2 unspecified atom stereocenters. The van der Waals surface area contributed by atoms with Gasteiger partial charge in [-0.05, 0) is 45.2 Å². The molecule has 0 saturated carbocycles. The Morgan fingerprint density at radius 3 is 2.40 bits per heavy atom. The summed E-state index contributed by atoms with van der Waals surface area (Å²) >= 11 is 0. The van der Waals surface area contributed by atoms with Crippen molar-refractivity contribution in [3.8, 4) is 12.1 Å². The standard InChI is InChI=1S/C15H18N4O/c1-11(8-16)10-19(3)12(2)15(20)18-14-6-4-13(9-17)5-7-14/h4-7,11-12H,10H2,1-3H3,(H,18,20). The van der Waals surface area contributed by atoms with Gasteiger partial charge in [-0.3, -0.25) is 9.69 Å². The summed E-state index contributed by atoms with van der Waals surface area (Å²) in [7, 11) is 1.82.